The zero-order valence-corrected chi connectivity index (χ0v) is 9.42. The van der Waals surface area contributed by atoms with Crippen LogP contribution in [0.15, 0.2) is 35.9 Å². The van der Waals surface area contributed by atoms with Gasteiger partial charge in [-0.25, -0.2) is 0 Å². The van der Waals surface area contributed by atoms with Crippen LogP contribution in [0.4, 0.5) is 0 Å². The average molecular weight is 201 g/mol. The first-order chi connectivity index (χ1) is 7.34. The Kier molecular flexibility index (Phi) is 3.57. The fourth-order valence-electron chi connectivity index (χ4n) is 2.05. The summed E-state index contributed by atoms with van der Waals surface area (Å²) in [6.07, 6.45) is 5.96. The van der Waals surface area contributed by atoms with Crippen LogP contribution in [0, 0.1) is 6.92 Å². The molecule has 1 fully saturated rings. The van der Waals surface area contributed by atoms with Crippen LogP contribution >= 0.6 is 0 Å². The van der Waals surface area contributed by atoms with Crippen LogP contribution in [0.25, 0.3) is 0 Å². The van der Waals surface area contributed by atoms with Gasteiger partial charge in [0, 0.05) is 0 Å². The molecule has 1 aliphatic rings. The number of nitrogens with one attached hydrogen (secondary N) is 1. The van der Waals surface area contributed by atoms with E-state index in [2.05, 4.69) is 42.6 Å². The third-order valence-electron chi connectivity index (χ3n) is 2.95. The lowest BCUT2D eigenvalue weighted by Crippen LogP contribution is -2.23. The van der Waals surface area contributed by atoms with Crippen molar-refractivity contribution in [3.8, 4) is 0 Å². The Balaban J connectivity index is 1.96. The van der Waals surface area contributed by atoms with Crippen LogP contribution in [-0.4, -0.2) is 13.1 Å². The second-order valence-corrected chi connectivity index (χ2v) is 4.31. The summed E-state index contributed by atoms with van der Waals surface area (Å²) in [4.78, 5) is 0. The Hall–Kier alpha value is -1.08. The van der Waals surface area contributed by atoms with E-state index in [4.69, 9.17) is 0 Å². The molecule has 1 heteroatoms. The molecule has 0 aliphatic carbocycles. The fraction of sp³-hybridized carbons (Fsp3) is 0.429. The summed E-state index contributed by atoms with van der Waals surface area (Å²) in [5.74, 6) is 0. The van der Waals surface area contributed by atoms with Gasteiger partial charge in [-0.2, -0.15) is 0 Å². The van der Waals surface area contributed by atoms with Gasteiger partial charge in [-0.05, 0) is 44.8 Å². The second kappa shape index (κ2) is 5.13. The predicted molar refractivity (Wildman–Crippen MR) is 65.1 cm³/mol. The molecule has 2 rings (SSSR count). The summed E-state index contributed by atoms with van der Waals surface area (Å²) in [5, 5.41) is 3.38. The highest BCUT2D eigenvalue weighted by molar-refractivity contribution is 5.25. The highest BCUT2D eigenvalue weighted by Gasteiger charge is 2.03. The van der Waals surface area contributed by atoms with E-state index >= 15 is 0 Å². The maximum absolute atomic E-state index is 3.38. The van der Waals surface area contributed by atoms with E-state index in [1.54, 1.807) is 5.57 Å². The van der Waals surface area contributed by atoms with E-state index in [9.17, 15) is 0 Å². The van der Waals surface area contributed by atoms with Crippen LogP contribution in [0.2, 0.25) is 0 Å². The zero-order valence-electron chi connectivity index (χ0n) is 9.42. The van der Waals surface area contributed by atoms with Crippen LogP contribution in [0.5, 0.6) is 0 Å². The van der Waals surface area contributed by atoms with Crippen molar-refractivity contribution in [2.24, 2.45) is 0 Å². The molecule has 0 unspecified atom stereocenters. The van der Waals surface area contributed by atoms with Crippen molar-refractivity contribution < 1.29 is 0 Å². The molecule has 0 aromatic heterocycles. The Morgan fingerprint density at radius 1 is 1.27 bits per heavy atom. The highest BCUT2D eigenvalue weighted by atomic mass is 14.9. The van der Waals surface area contributed by atoms with Gasteiger partial charge in [0.1, 0.15) is 0 Å². The number of aryl methyl sites for hydroxylation is 1. The smallest absolute Gasteiger partial charge is 0.00115 e. The molecule has 0 atom stereocenters. The summed E-state index contributed by atoms with van der Waals surface area (Å²) in [6, 6.07) is 8.79. The molecule has 0 radical (unpaired) electrons. The number of piperidine rings is 1. The molecule has 15 heavy (non-hydrogen) atoms. The van der Waals surface area contributed by atoms with Gasteiger partial charge >= 0.3 is 0 Å². The van der Waals surface area contributed by atoms with Crippen molar-refractivity contribution in [3.05, 3.63) is 47.0 Å². The van der Waals surface area contributed by atoms with E-state index in [-0.39, 0.29) is 0 Å². The van der Waals surface area contributed by atoms with Crippen molar-refractivity contribution >= 4 is 0 Å². The molecule has 0 amide bonds. The number of hydrogen-bond acceptors (Lipinski definition) is 1. The summed E-state index contributed by atoms with van der Waals surface area (Å²) >= 11 is 0. The Morgan fingerprint density at radius 2 is 2.07 bits per heavy atom. The lowest BCUT2D eigenvalue weighted by molar-refractivity contribution is 0.608. The molecule has 1 aliphatic heterocycles. The van der Waals surface area contributed by atoms with E-state index in [1.165, 1.54) is 24.0 Å². The predicted octanol–water partition coefficient (Wildman–Crippen LogP) is 2.85. The summed E-state index contributed by atoms with van der Waals surface area (Å²) in [5.41, 5.74) is 4.41. The van der Waals surface area contributed by atoms with E-state index in [1.807, 2.05) is 0 Å². The van der Waals surface area contributed by atoms with E-state index in [0.29, 0.717) is 0 Å². The molecule has 80 valence electrons. The van der Waals surface area contributed by atoms with Crippen molar-refractivity contribution in [1.82, 2.24) is 5.32 Å². The first-order valence-corrected chi connectivity index (χ1v) is 5.79. The minimum absolute atomic E-state index is 1.09. The molecule has 1 heterocycles. The molecular formula is C14H19N. The SMILES string of the molecule is Cc1cccc(CC=C2CCNCC2)c1. The van der Waals surface area contributed by atoms with Crippen molar-refractivity contribution in [1.29, 1.82) is 0 Å². The average Bonchev–Trinajstić information content (AvgIpc) is 2.28. The van der Waals surface area contributed by atoms with Crippen molar-refractivity contribution in [2.75, 3.05) is 13.1 Å². The highest BCUT2D eigenvalue weighted by Crippen LogP contribution is 2.12. The number of rotatable bonds is 2. The van der Waals surface area contributed by atoms with Crippen LogP contribution in [0.1, 0.15) is 24.0 Å². The molecule has 0 spiro atoms. The Labute approximate surface area is 92.2 Å². The normalized spacial score (nSPS) is 16.5. The third-order valence-corrected chi connectivity index (χ3v) is 2.95. The zero-order chi connectivity index (χ0) is 10.5. The first kappa shape index (κ1) is 10.4. The monoisotopic (exact) mass is 201 g/mol. The molecule has 1 saturated heterocycles. The molecule has 1 aromatic rings. The minimum atomic E-state index is 1.09. The van der Waals surface area contributed by atoms with Gasteiger partial charge in [-0.1, -0.05) is 41.5 Å². The molecule has 1 nitrogen and oxygen atoms in total. The van der Waals surface area contributed by atoms with Crippen LogP contribution < -0.4 is 5.32 Å². The van der Waals surface area contributed by atoms with E-state index < -0.39 is 0 Å². The topological polar surface area (TPSA) is 12.0 Å². The quantitative estimate of drug-likeness (QED) is 0.725. The Bertz CT molecular complexity index is 344. The first-order valence-electron chi connectivity index (χ1n) is 5.79. The lowest BCUT2D eigenvalue weighted by Gasteiger charge is -2.15. The van der Waals surface area contributed by atoms with Gasteiger partial charge in [-0.15, -0.1) is 0 Å². The molecule has 1 aromatic carbocycles. The number of allylic oxidation sites excluding steroid dienone is 1. The lowest BCUT2D eigenvalue weighted by atomic mass is 10.0. The van der Waals surface area contributed by atoms with Crippen molar-refractivity contribution in [2.45, 2.75) is 26.2 Å². The standard InChI is InChI=1S/C14H19N/c1-12-3-2-4-14(11-12)6-5-13-7-9-15-10-8-13/h2-5,11,15H,6-10H2,1H3. The molecule has 0 bridgehead atoms. The minimum Gasteiger partial charge on any atom is -0.316 e. The number of benzene rings is 1. The van der Waals surface area contributed by atoms with Crippen molar-refractivity contribution in [3.63, 3.8) is 0 Å². The van der Waals surface area contributed by atoms with Crippen LogP contribution in [0.3, 0.4) is 0 Å². The summed E-state index contributed by atoms with van der Waals surface area (Å²) in [6.45, 7) is 4.46. The van der Waals surface area contributed by atoms with Gasteiger partial charge in [0.05, 0.1) is 0 Å². The summed E-state index contributed by atoms with van der Waals surface area (Å²) in [7, 11) is 0. The van der Waals surface area contributed by atoms with E-state index in [0.717, 1.165) is 19.5 Å². The molecular weight excluding hydrogens is 182 g/mol. The fourth-order valence-corrected chi connectivity index (χ4v) is 2.05. The van der Waals surface area contributed by atoms with Gasteiger partial charge in [0.2, 0.25) is 0 Å². The molecule has 1 N–H and O–H groups in total. The maximum atomic E-state index is 3.38. The maximum Gasteiger partial charge on any atom is -0.00115 e. The molecule has 0 saturated carbocycles. The second-order valence-electron chi connectivity index (χ2n) is 4.31. The summed E-state index contributed by atoms with van der Waals surface area (Å²) < 4.78 is 0. The van der Waals surface area contributed by atoms with Gasteiger partial charge in [0.15, 0.2) is 0 Å². The van der Waals surface area contributed by atoms with Gasteiger partial charge in [-0.3, -0.25) is 0 Å². The largest absolute Gasteiger partial charge is 0.316 e. The third kappa shape index (κ3) is 3.21. The number of hydrogen-bond donors (Lipinski definition) is 1. The Morgan fingerprint density at radius 3 is 2.80 bits per heavy atom. The van der Waals surface area contributed by atoms with Gasteiger partial charge in [0.25, 0.3) is 0 Å². The van der Waals surface area contributed by atoms with Gasteiger partial charge < -0.3 is 5.32 Å². The van der Waals surface area contributed by atoms with Crippen LogP contribution in [-0.2, 0) is 6.42 Å².